The Morgan fingerprint density at radius 1 is 0.397 bits per heavy atom. The molecule has 0 radical (unpaired) electrons. The molecule has 0 fully saturated rings. The minimum Gasteiger partial charge on any atom is -0.309 e. The number of fused-ring (bicyclic) bond motifs is 3. The number of nitrogens with zero attached hydrogens (tertiary/aromatic N) is 4. The molecule has 2 aromatic heterocycles. The zero-order chi connectivity index (χ0) is 38.4. The lowest BCUT2D eigenvalue weighted by molar-refractivity contribution is 0.514. The second kappa shape index (κ2) is 12.3. The normalized spacial score (nSPS) is 17.5. The Bertz CT molecular complexity index is 3190. The maximum Gasteiger partial charge on any atom is 0.164 e. The molecule has 0 saturated carbocycles. The third-order valence-electron chi connectivity index (χ3n) is 12.8. The molecule has 10 aromatic rings. The van der Waals surface area contributed by atoms with Crippen LogP contribution in [0.25, 0.3) is 61.4 Å². The van der Waals surface area contributed by atoms with Crippen LogP contribution >= 0.6 is 0 Å². The highest BCUT2D eigenvalue weighted by Crippen LogP contribution is 2.64. The van der Waals surface area contributed by atoms with Gasteiger partial charge in [-0.15, -0.1) is 0 Å². The zero-order valence-corrected chi connectivity index (χ0v) is 31.8. The molecule has 0 amide bonds. The molecule has 0 spiro atoms. The summed E-state index contributed by atoms with van der Waals surface area (Å²) in [5.41, 5.74) is 13.9. The summed E-state index contributed by atoms with van der Waals surface area (Å²) in [4.78, 5) is 16.8. The van der Waals surface area contributed by atoms with Crippen molar-refractivity contribution in [2.75, 3.05) is 0 Å². The lowest BCUT2D eigenvalue weighted by Crippen LogP contribution is -2.51. The van der Waals surface area contributed by atoms with E-state index in [-0.39, 0.29) is 5.41 Å². The lowest BCUT2D eigenvalue weighted by atomic mass is 9.47. The summed E-state index contributed by atoms with van der Waals surface area (Å²) in [6, 6.07) is 71.8. The molecule has 8 aromatic carbocycles. The number of hydrogen-bond donors (Lipinski definition) is 0. The number of benzene rings is 8. The number of aromatic nitrogens is 4. The fourth-order valence-electron chi connectivity index (χ4n) is 10.3. The third kappa shape index (κ3) is 4.37. The van der Waals surface area contributed by atoms with Gasteiger partial charge in [0.05, 0.1) is 11.0 Å². The van der Waals surface area contributed by atoms with Gasteiger partial charge in [0, 0.05) is 33.0 Å². The van der Waals surface area contributed by atoms with E-state index in [1.54, 1.807) is 0 Å². The van der Waals surface area contributed by atoms with E-state index >= 15 is 0 Å². The van der Waals surface area contributed by atoms with Crippen molar-refractivity contribution in [2.45, 2.75) is 17.8 Å². The van der Waals surface area contributed by atoms with Gasteiger partial charge in [0.15, 0.2) is 17.5 Å². The smallest absolute Gasteiger partial charge is 0.164 e. The predicted molar refractivity (Wildman–Crippen MR) is 234 cm³/mol. The molecule has 13 rings (SSSR count). The SMILES string of the molecule is CC12c3ccccc3C(c3nc(-c4ccccc4)nc(-c4cccc5c4c4ccccc4n5-c4ccccc4)n3)(c3ccccc31)c1cc(-c3ccccc3)ccc12. The van der Waals surface area contributed by atoms with Crippen LogP contribution in [0.15, 0.2) is 200 Å². The van der Waals surface area contributed by atoms with Crippen molar-refractivity contribution >= 4 is 21.8 Å². The summed E-state index contributed by atoms with van der Waals surface area (Å²) in [6.45, 7) is 2.40. The molecule has 0 unspecified atom stereocenters. The molecule has 2 heterocycles. The van der Waals surface area contributed by atoms with E-state index in [9.17, 15) is 0 Å². The van der Waals surface area contributed by atoms with E-state index in [4.69, 9.17) is 15.0 Å². The Balaban J connectivity index is 1.22. The van der Waals surface area contributed by atoms with Crippen molar-refractivity contribution < 1.29 is 0 Å². The van der Waals surface area contributed by atoms with Gasteiger partial charge in [-0.1, -0.05) is 170 Å². The molecule has 2 bridgehead atoms. The summed E-state index contributed by atoms with van der Waals surface area (Å²) in [6.07, 6.45) is 0. The molecule has 3 aliphatic carbocycles. The van der Waals surface area contributed by atoms with Gasteiger partial charge in [-0.3, -0.25) is 0 Å². The number of rotatable bonds is 5. The summed E-state index contributed by atoms with van der Waals surface area (Å²) in [5, 5.41) is 2.26. The van der Waals surface area contributed by atoms with Crippen LogP contribution in [0, 0.1) is 0 Å². The average Bonchev–Trinajstić information content (AvgIpc) is 3.65. The second-order valence-corrected chi connectivity index (χ2v) is 15.7. The molecule has 3 aliphatic rings. The highest BCUT2D eigenvalue weighted by Gasteiger charge is 2.59. The Hall–Kier alpha value is -7.43. The van der Waals surface area contributed by atoms with Crippen LogP contribution in [-0.2, 0) is 10.8 Å². The molecule has 58 heavy (non-hydrogen) atoms. The molecular weight excluding hydrogens is 705 g/mol. The van der Waals surface area contributed by atoms with E-state index in [1.807, 2.05) is 6.07 Å². The third-order valence-corrected chi connectivity index (χ3v) is 12.8. The highest BCUT2D eigenvalue weighted by molar-refractivity contribution is 6.15. The Morgan fingerprint density at radius 2 is 0.948 bits per heavy atom. The summed E-state index contributed by atoms with van der Waals surface area (Å²) >= 11 is 0. The van der Waals surface area contributed by atoms with Gasteiger partial charge in [0.2, 0.25) is 0 Å². The van der Waals surface area contributed by atoms with Gasteiger partial charge in [0.25, 0.3) is 0 Å². The summed E-state index contributed by atoms with van der Waals surface area (Å²) in [5.74, 6) is 2.01. The Kier molecular flexibility index (Phi) is 6.94. The van der Waals surface area contributed by atoms with E-state index in [0.29, 0.717) is 17.5 Å². The van der Waals surface area contributed by atoms with Crippen molar-refractivity contribution in [2.24, 2.45) is 0 Å². The van der Waals surface area contributed by atoms with Gasteiger partial charge in [-0.25, -0.2) is 15.0 Å². The fraction of sp³-hybridized carbons (Fsp3) is 0.0556. The average molecular weight is 741 g/mol. The summed E-state index contributed by atoms with van der Waals surface area (Å²) < 4.78 is 2.35. The van der Waals surface area contributed by atoms with Crippen LogP contribution < -0.4 is 0 Å². The fourth-order valence-corrected chi connectivity index (χ4v) is 10.3. The van der Waals surface area contributed by atoms with Crippen LogP contribution in [0.3, 0.4) is 0 Å². The van der Waals surface area contributed by atoms with Crippen molar-refractivity contribution in [3.05, 3.63) is 239 Å². The predicted octanol–water partition coefficient (Wildman–Crippen LogP) is 12.3. The molecule has 4 nitrogen and oxygen atoms in total. The topological polar surface area (TPSA) is 43.6 Å². The molecule has 0 N–H and O–H groups in total. The second-order valence-electron chi connectivity index (χ2n) is 15.7. The van der Waals surface area contributed by atoms with Crippen molar-refractivity contribution in [1.82, 2.24) is 19.5 Å². The van der Waals surface area contributed by atoms with E-state index in [2.05, 4.69) is 206 Å². The zero-order valence-electron chi connectivity index (χ0n) is 31.8. The van der Waals surface area contributed by atoms with E-state index in [1.165, 1.54) is 44.5 Å². The van der Waals surface area contributed by atoms with Crippen LogP contribution in [0.2, 0.25) is 0 Å². The van der Waals surface area contributed by atoms with Gasteiger partial charge in [-0.05, 0) is 81.8 Å². The molecule has 0 aliphatic heterocycles. The van der Waals surface area contributed by atoms with E-state index < -0.39 is 5.41 Å². The molecular formula is C54H36N4. The molecule has 4 heteroatoms. The first-order valence-corrected chi connectivity index (χ1v) is 20.0. The van der Waals surface area contributed by atoms with Gasteiger partial charge >= 0.3 is 0 Å². The van der Waals surface area contributed by atoms with Crippen molar-refractivity contribution in [1.29, 1.82) is 0 Å². The first kappa shape index (κ1) is 32.8. The Morgan fingerprint density at radius 3 is 1.66 bits per heavy atom. The maximum atomic E-state index is 5.75. The highest BCUT2D eigenvalue weighted by atomic mass is 15.1. The van der Waals surface area contributed by atoms with E-state index in [0.717, 1.165) is 38.6 Å². The quantitative estimate of drug-likeness (QED) is 0.176. The van der Waals surface area contributed by atoms with Crippen LogP contribution in [0.4, 0.5) is 0 Å². The van der Waals surface area contributed by atoms with Crippen LogP contribution in [-0.4, -0.2) is 19.5 Å². The largest absolute Gasteiger partial charge is 0.309 e. The minimum absolute atomic E-state index is 0.373. The molecule has 0 saturated heterocycles. The minimum atomic E-state index is -0.835. The standard InChI is InChI=1S/C54H36N4/c1-53-41-26-12-14-28-44(41)54(45-29-15-13-27-42(45)53,46-34-37(32-33-43(46)53)35-18-5-2-6-19-35)52-56-50(36-20-7-3-8-21-36)55-51(57-52)40-25-17-31-48-49(40)39-24-11-16-30-47(39)58(48)38-22-9-4-10-23-38/h2-34H,1H3. The molecule has 0 atom stereocenters. The van der Waals surface area contributed by atoms with Crippen LogP contribution in [0.5, 0.6) is 0 Å². The number of para-hydroxylation sites is 2. The Labute approximate surface area is 336 Å². The summed E-state index contributed by atoms with van der Waals surface area (Å²) in [7, 11) is 0. The van der Waals surface area contributed by atoms with Gasteiger partial charge in [0.1, 0.15) is 5.41 Å². The van der Waals surface area contributed by atoms with Crippen LogP contribution in [0.1, 0.15) is 46.1 Å². The maximum absolute atomic E-state index is 5.75. The van der Waals surface area contributed by atoms with Gasteiger partial charge < -0.3 is 4.57 Å². The first-order chi connectivity index (χ1) is 28.7. The van der Waals surface area contributed by atoms with Gasteiger partial charge in [-0.2, -0.15) is 0 Å². The monoisotopic (exact) mass is 740 g/mol. The molecule has 272 valence electrons. The number of hydrogen-bond acceptors (Lipinski definition) is 3. The van der Waals surface area contributed by atoms with Crippen molar-refractivity contribution in [3.63, 3.8) is 0 Å². The lowest BCUT2D eigenvalue weighted by Gasteiger charge is -2.54. The van der Waals surface area contributed by atoms with Crippen molar-refractivity contribution in [3.8, 4) is 39.6 Å². The first-order valence-electron chi connectivity index (χ1n) is 20.0.